The van der Waals surface area contributed by atoms with Crippen molar-refractivity contribution in [2.24, 2.45) is 0 Å². The molecule has 0 unspecified atom stereocenters. The number of aromatic nitrogens is 3. The van der Waals surface area contributed by atoms with Gasteiger partial charge in [0.15, 0.2) is 22.3 Å². The molecule has 1 aromatic carbocycles. The van der Waals surface area contributed by atoms with E-state index in [2.05, 4.69) is 9.97 Å². The number of methoxy groups -OCH3 is 1. The van der Waals surface area contributed by atoms with E-state index in [9.17, 15) is 14.3 Å². The number of hydrogen-bond donors (Lipinski definition) is 1. The van der Waals surface area contributed by atoms with Gasteiger partial charge in [-0.3, -0.25) is 14.2 Å². The number of nitrogens with zero attached hydrogens (tertiary/aromatic N) is 3. The number of halogens is 1. The van der Waals surface area contributed by atoms with Crippen LogP contribution in [0.5, 0.6) is 11.5 Å². The first-order valence-corrected chi connectivity index (χ1v) is 8.39. The first-order valence-electron chi connectivity index (χ1n) is 7.57. The van der Waals surface area contributed by atoms with Crippen LogP contribution in [0.1, 0.15) is 5.56 Å². The van der Waals surface area contributed by atoms with Crippen molar-refractivity contribution in [3.63, 3.8) is 0 Å². The molecule has 0 bridgehead atoms. The molecule has 0 spiro atoms. The summed E-state index contributed by atoms with van der Waals surface area (Å²) in [4.78, 5) is 21.6. The highest BCUT2D eigenvalue weighted by molar-refractivity contribution is 7.15. The third kappa shape index (κ3) is 2.70. The summed E-state index contributed by atoms with van der Waals surface area (Å²) in [5, 5.41) is 9.57. The number of pyridine rings is 1. The van der Waals surface area contributed by atoms with Crippen molar-refractivity contribution < 1.29 is 14.2 Å². The van der Waals surface area contributed by atoms with Crippen LogP contribution in [0.2, 0.25) is 0 Å². The summed E-state index contributed by atoms with van der Waals surface area (Å²) < 4.78 is 20.6. The highest BCUT2D eigenvalue weighted by atomic mass is 32.1. The van der Waals surface area contributed by atoms with Crippen LogP contribution in [0, 0.1) is 5.82 Å². The molecule has 130 valence electrons. The Morgan fingerprint density at radius 3 is 2.92 bits per heavy atom. The largest absolute Gasteiger partial charge is 0.502 e. The van der Waals surface area contributed by atoms with Crippen LogP contribution in [0.15, 0.2) is 47.7 Å². The van der Waals surface area contributed by atoms with Gasteiger partial charge in [-0.15, -0.1) is 0 Å². The maximum absolute atomic E-state index is 13.8. The molecule has 0 radical (unpaired) electrons. The topological polar surface area (TPSA) is 76.7 Å². The SMILES string of the molecule is COc1cc(C=c2sc3nc(-c4cccnc4)cn3c2=O)cc(F)c1O. The number of fused-ring (bicyclic) bond motifs is 1. The lowest BCUT2D eigenvalue weighted by molar-refractivity contribution is 0.357. The number of thiazole rings is 1. The molecule has 0 aliphatic rings. The van der Waals surface area contributed by atoms with E-state index in [0.29, 0.717) is 20.8 Å². The van der Waals surface area contributed by atoms with Crippen LogP contribution in [0.3, 0.4) is 0 Å². The number of benzene rings is 1. The van der Waals surface area contributed by atoms with Gasteiger partial charge in [0.05, 0.1) is 17.3 Å². The van der Waals surface area contributed by atoms with Crippen LogP contribution in [-0.4, -0.2) is 26.6 Å². The second kappa shape index (κ2) is 6.23. The van der Waals surface area contributed by atoms with Crippen LogP contribution < -0.4 is 14.8 Å². The molecule has 3 aromatic heterocycles. The van der Waals surface area contributed by atoms with Crippen molar-refractivity contribution >= 4 is 22.4 Å². The Labute approximate surface area is 150 Å². The second-order valence-electron chi connectivity index (χ2n) is 5.49. The molecule has 0 saturated heterocycles. The lowest BCUT2D eigenvalue weighted by atomic mass is 10.2. The maximum Gasteiger partial charge on any atom is 0.274 e. The van der Waals surface area contributed by atoms with E-state index in [1.54, 1.807) is 24.7 Å². The zero-order valence-electron chi connectivity index (χ0n) is 13.5. The fourth-order valence-corrected chi connectivity index (χ4v) is 3.53. The molecule has 4 rings (SSSR count). The number of hydrogen-bond acceptors (Lipinski definition) is 6. The summed E-state index contributed by atoms with van der Waals surface area (Å²) in [6.45, 7) is 0. The molecule has 0 fully saturated rings. The third-order valence-electron chi connectivity index (χ3n) is 3.83. The molecular weight excluding hydrogens is 357 g/mol. The zero-order valence-corrected chi connectivity index (χ0v) is 14.3. The summed E-state index contributed by atoms with van der Waals surface area (Å²) in [5.41, 5.74) is 1.63. The molecule has 3 heterocycles. The highest BCUT2D eigenvalue weighted by Crippen LogP contribution is 2.30. The quantitative estimate of drug-likeness (QED) is 0.599. The van der Waals surface area contributed by atoms with Crippen molar-refractivity contribution in [2.75, 3.05) is 7.11 Å². The first-order chi connectivity index (χ1) is 12.6. The van der Waals surface area contributed by atoms with Crippen molar-refractivity contribution in [3.8, 4) is 22.8 Å². The fraction of sp³-hybridized carbons (Fsp3) is 0.0556. The number of aromatic hydroxyl groups is 1. The van der Waals surface area contributed by atoms with E-state index in [4.69, 9.17) is 4.74 Å². The second-order valence-corrected chi connectivity index (χ2v) is 6.50. The standard InChI is InChI=1S/C18H12FN3O3S/c1-25-14-6-10(5-12(19)16(14)23)7-15-17(24)22-9-13(21-18(22)26-15)11-3-2-4-20-8-11/h2-9,23H,1H3. The summed E-state index contributed by atoms with van der Waals surface area (Å²) in [5.74, 6) is -1.37. The third-order valence-corrected chi connectivity index (χ3v) is 4.81. The minimum Gasteiger partial charge on any atom is -0.502 e. The Balaban J connectivity index is 1.82. The van der Waals surface area contributed by atoms with Crippen LogP contribution in [0.4, 0.5) is 4.39 Å². The molecule has 8 heteroatoms. The van der Waals surface area contributed by atoms with E-state index in [1.807, 2.05) is 6.07 Å². The Hall–Kier alpha value is -3.26. The van der Waals surface area contributed by atoms with Crippen molar-refractivity contribution in [2.45, 2.75) is 0 Å². The molecule has 0 aliphatic heterocycles. The van der Waals surface area contributed by atoms with Gasteiger partial charge in [0.25, 0.3) is 5.56 Å². The Bertz CT molecular complexity index is 1220. The molecular formula is C18H12FN3O3S. The molecule has 6 nitrogen and oxygen atoms in total. The van der Waals surface area contributed by atoms with Gasteiger partial charge in [-0.1, -0.05) is 11.3 Å². The predicted octanol–water partition coefficient (Wildman–Crippen LogP) is 2.22. The van der Waals surface area contributed by atoms with Gasteiger partial charge in [0.2, 0.25) is 0 Å². The van der Waals surface area contributed by atoms with Crippen LogP contribution in [0.25, 0.3) is 22.3 Å². The molecule has 0 saturated carbocycles. The summed E-state index contributed by atoms with van der Waals surface area (Å²) in [6, 6.07) is 6.26. The summed E-state index contributed by atoms with van der Waals surface area (Å²) >= 11 is 1.20. The van der Waals surface area contributed by atoms with E-state index in [1.165, 1.54) is 35.0 Å². The maximum atomic E-state index is 13.8. The minimum absolute atomic E-state index is 0.00361. The smallest absolute Gasteiger partial charge is 0.274 e. The molecule has 0 amide bonds. The van der Waals surface area contributed by atoms with E-state index < -0.39 is 11.6 Å². The van der Waals surface area contributed by atoms with Gasteiger partial charge in [-0.05, 0) is 35.9 Å². The van der Waals surface area contributed by atoms with Crippen LogP contribution in [-0.2, 0) is 0 Å². The van der Waals surface area contributed by atoms with E-state index in [-0.39, 0.29) is 11.3 Å². The van der Waals surface area contributed by atoms with Crippen LogP contribution >= 0.6 is 11.3 Å². The Morgan fingerprint density at radius 2 is 2.23 bits per heavy atom. The monoisotopic (exact) mass is 369 g/mol. The average Bonchev–Trinajstić information content (AvgIpc) is 3.19. The summed E-state index contributed by atoms with van der Waals surface area (Å²) in [7, 11) is 1.33. The van der Waals surface area contributed by atoms with Gasteiger partial charge in [0, 0.05) is 24.2 Å². The zero-order chi connectivity index (χ0) is 18.3. The molecule has 1 N–H and O–H groups in total. The minimum atomic E-state index is -0.816. The predicted molar refractivity (Wildman–Crippen MR) is 96.0 cm³/mol. The van der Waals surface area contributed by atoms with Gasteiger partial charge in [-0.2, -0.15) is 0 Å². The highest BCUT2D eigenvalue weighted by Gasteiger charge is 2.12. The Kier molecular flexibility index (Phi) is 3.89. The number of rotatable bonds is 3. The molecule has 4 aromatic rings. The van der Waals surface area contributed by atoms with Crippen molar-refractivity contribution in [1.82, 2.24) is 14.4 Å². The Morgan fingerprint density at radius 1 is 1.38 bits per heavy atom. The molecule has 0 aliphatic carbocycles. The van der Waals surface area contributed by atoms with Crippen molar-refractivity contribution in [1.29, 1.82) is 0 Å². The average molecular weight is 369 g/mol. The number of ether oxygens (including phenoxy) is 1. The normalized spacial score (nSPS) is 12.0. The lowest BCUT2D eigenvalue weighted by Gasteiger charge is -2.04. The molecule has 26 heavy (non-hydrogen) atoms. The molecule has 0 atom stereocenters. The number of imidazole rings is 1. The van der Waals surface area contributed by atoms with Crippen molar-refractivity contribution in [3.05, 3.63) is 69.1 Å². The van der Waals surface area contributed by atoms with Gasteiger partial charge in [0.1, 0.15) is 0 Å². The summed E-state index contributed by atoms with van der Waals surface area (Å²) in [6.07, 6.45) is 6.53. The number of phenolic OH excluding ortho intramolecular Hbond substituents is 1. The first kappa shape index (κ1) is 16.2. The number of phenols is 1. The van der Waals surface area contributed by atoms with E-state index in [0.717, 1.165) is 11.6 Å². The van der Waals surface area contributed by atoms with Gasteiger partial charge < -0.3 is 9.84 Å². The van der Waals surface area contributed by atoms with E-state index >= 15 is 0 Å². The fourth-order valence-electron chi connectivity index (χ4n) is 2.57. The van der Waals surface area contributed by atoms with Gasteiger partial charge in [-0.25, -0.2) is 9.37 Å². The lowest BCUT2D eigenvalue weighted by Crippen LogP contribution is -2.22. The van der Waals surface area contributed by atoms with Gasteiger partial charge >= 0.3 is 0 Å².